The number of benzene rings is 1. The molecule has 0 aliphatic carbocycles. The average molecular weight is 225 g/mol. The molecule has 3 heteroatoms. The molecule has 0 radical (unpaired) electrons. The van der Waals surface area contributed by atoms with Crippen LogP contribution >= 0.6 is 0 Å². The predicted octanol–water partition coefficient (Wildman–Crippen LogP) is 2.81. The van der Waals surface area contributed by atoms with E-state index in [0.717, 1.165) is 6.42 Å². The Labute approximate surface area is 96.6 Å². The molecular weight excluding hydrogens is 205 g/mol. The summed E-state index contributed by atoms with van der Waals surface area (Å²) in [4.78, 5) is 0. The van der Waals surface area contributed by atoms with Gasteiger partial charge in [-0.3, -0.25) is 0 Å². The lowest BCUT2D eigenvalue weighted by Gasteiger charge is -2.21. The molecule has 0 fully saturated rings. The van der Waals surface area contributed by atoms with E-state index >= 15 is 0 Å². The molecule has 0 bridgehead atoms. The van der Waals surface area contributed by atoms with Crippen molar-refractivity contribution >= 4 is 0 Å². The second kappa shape index (κ2) is 5.97. The van der Waals surface area contributed by atoms with E-state index in [0.29, 0.717) is 17.7 Å². The first-order valence-corrected chi connectivity index (χ1v) is 5.57. The largest absolute Gasteiger partial charge is 0.385 e. The van der Waals surface area contributed by atoms with E-state index in [1.165, 1.54) is 0 Å². The third-order valence-electron chi connectivity index (χ3n) is 2.97. The minimum absolute atomic E-state index is 0.181. The normalized spacial score (nSPS) is 14.8. The minimum Gasteiger partial charge on any atom is -0.385 e. The van der Waals surface area contributed by atoms with Gasteiger partial charge in [-0.15, -0.1) is 0 Å². The molecule has 0 spiro atoms. The Kier molecular flexibility index (Phi) is 4.90. The van der Waals surface area contributed by atoms with Gasteiger partial charge in [-0.05, 0) is 24.8 Å². The zero-order valence-corrected chi connectivity index (χ0v) is 10.2. The molecular formula is C13H20FNO. The van der Waals surface area contributed by atoms with E-state index in [-0.39, 0.29) is 17.8 Å². The Bertz CT molecular complexity index is 341. The van der Waals surface area contributed by atoms with Crippen LogP contribution in [0, 0.1) is 18.7 Å². The van der Waals surface area contributed by atoms with Gasteiger partial charge >= 0.3 is 0 Å². The molecule has 16 heavy (non-hydrogen) atoms. The fraction of sp³-hybridized carbons (Fsp3) is 0.538. The third-order valence-corrected chi connectivity index (χ3v) is 2.97. The van der Waals surface area contributed by atoms with Gasteiger partial charge in [-0.25, -0.2) is 4.39 Å². The highest BCUT2D eigenvalue weighted by atomic mass is 19.1. The van der Waals surface area contributed by atoms with Crippen molar-refractivity contribution < 1.29 is 9.13 Å². The van der Waals surface area contributed by atoms with Crippen molar-refractivity contribution in [3.63, 3.8) is 0 Å². The highest BCUT2D eigenvalue weighted by Crippen LogP contribution is 2.25. The molecule has 1 rings (SSSR count). The molecule has 0 saturated heterocycles. The Morgan fingerprint density at radius 3 is 2.75 bits per heavy atom. The zero-order chi connectivity index (χ0) is 12.1. The molecule has 90 valence electrons. The minimum atomic E-state index is -0.268. The van der Waals surface area contributed by atoms with Gasteiger partial charge in [0, 0.05) is 25.3 Å². The summed E-state index contributed by atoms with van der Waals surface area (Å²) in [7, 11) is 1.66. The average Bonchev–Trinajstić information content (AvgIpc) is 2.28. The van der Waals surface area contributed by atoms with Crippen molar-refractivity contribution in [3.8, 4) is 0 Å². The fourth-order valence-corrected chi connectivity index (χ4v) is 1.72. The van der Waals surface area contributed by atoms with Crippen LogP contribution in [-0.4, -0.2) is 13.7 Å². The highest BCUT2D eigenvalue weighted by molar-refractivity contribution is 5.27. The summed E-state index contributed by atoms with van der Waals surface area (Å²) in [6.45, 7) is 4.43. The van der Waals surface area contributed by atoms with Crippen molar-refractivity contribution in [1.82, 2.24) is 0 Å². The van der Waals surface area contributed by atoms with Crippen molar-refractivity contribution in [1.29, 1.82) is 0 Å². The van der Waals surface area contributed by atoms with E-state index in [9.17, 15) is 4.39 Å². The SMILES string of the molecule is COCCC(C)C(N)c1cccc(C)c1F. The molecule has 2 unspecified atom stereocenters. The maximum atomic E-state index is 13.8. The van der Waals surface area contributed by atoms with E-state index < -0.39 is 0 Å². The standard InChI is InChI=1S/C13H20FNO/c1-9-5-4-6-11(12(9)14)13(15)10(2)7-8-16-3/h4-6,10,13H,7-8,15H2,1-3H3. The molecule has 0 aliphatic rings. The van der Waals surface area contributed by atoms with Gasteiger partial charge in [-0.2, -0.15) is 0 Å². The first-order valence-electron chi connectivity index (χ1n) is 5.57. The second-order valence-electron chi connectivity index (χ2n) is 4.26. The molecule has 2 nitrogen and oxygen atoms in total. The zero-order valence-electron chi connectivity index (χ0n) is 10.2. The first-order chi connectivity index (χ1) is 7.57. The van der Waals surface area contributed by atoms with E-state index in [4.69, 9.17) is 10.5 Å². The van der Waals surface area contributed by atoms with E-state index in [2.05, 4.69) is 0 Å². The summed E-state index contributed by atoms with van der Waals surface area (Å²) in [6, 6.07) is 5.09. The lowest BCUT2D eigenvalue weighted by Crippen LogP contribution is -2.21. The topological polar surface area (TPSA) is 35.2 Å². The van der Waals surface area contributed by atoms with Crippen LogP contribution in [-0.2, 0) is 4.74 Å². The number of halogens is 1. The summed E-state index contributed by atoms with van der Waals surface area (Å²) in [5, 5.41) is 0. The van der Waals surface area contributed by atoms with Crippen LogP contribution in [0.25, 0.3) is 0 Å². The lowest BCUT2D eigenvalue weighted by atomic mass is 9.92. The molecule has 0 amide bonds. The first kappa shape index (κ1) is 13.1. The molecule has 1 aromatic carbocycles. The number of ether oxygens (including phenoxy) is 1. The number of aryl methyl sites for hydroxylation is 1. The molecule has 2 atom stereocenters. The third kappa shape index (κ3) is 3.03. The second-order valence-corrected chi connectivity index (χ2v) is 4.26. The van der Waals surface area contributed by atoms with Gasteiger partial charge in [0.2, 0.25) is 0 Å². The van der Waals surface area contributed by atoms with Crippen LogP contribution in [0.3, 0.4) is 0 Å². The molecule has 0 aromatic heterocycles. The van der Waals surface area contributed by atoms with Crippen molar-refractivity contribution in [2.75, 3.05) is 13.7 Å². The van der Waals surface area contributed by atoms with Crippen molar-refractivity contribution in [2.45, 2.75) is 26.3 Å². The monoisotopic (exact) mass is 225 g/mol. The van der Waals surface area contributed by atoms with Gasteiger partial charge in [0.15, 0.2) is 0 Å². The highest BCUT2D eigenvalue weighted by Gasteiger charge is 2.18. The lowest BCUT2D eigenvalue weighted by molar-refractivity contribution is 0.174. The van der Waals surface area contributed by atoms with Crippen LogP contribution in [0.15, 0.2) is 18.2 Å². The molecule has 2 N–H and O–H groups in total. The summed E-state index contributed by atoms with van der Waals surface area (Å²) in [6.07, 6.45) is 0.838. The summed E-state index contributed by atoms with van der Waals surface area (Å²) < 4.78 is 18.8. The molecule has 0 saturated carbocycles. The van der Waals surface area contributed by atoms with E-state index in [1.54, 1.807) is 26.2 Å². The van der Waals surface area contributed by atoms with Gasteiger partial charge in [-0.1, -0.05) is 25.1 Å². The van der Waals surface area contributed by atoms with Crippen LogP contribution in [0.5, 0.6) is 0 Å². The van der Waals surface area contributed by atoms with Gasteiger partial charge < -0.3 is 10.5 Å². The van der Waals surface area contributed by atoms with Crippen LogP contribution in [0.2, 0.25) is 0 Å². The smallest absolute Gasteiger partial charge is 0.130 e. The number of methoxy groups -OCH3 is 1. The molecule has 0 aliphatic heterocycles. The van der Waals surface area contributed by atoms with Crippen LogP contribution < -0.4 is 5.73 Å². The Morgan fingerprint density at radius 1 is 1.44 bits per heavy atom. The maximum Gasteiger partial charge on any atom is 0.130 e. The quantitative estimate of drug-likeness (QED) is 0.836. The summed E-state index contributed by atoms with van der Waals surface area (Å²) in [5.41, 5.74) is 7.30. The van der Waals surface area contributed by atoms with E-state index in [1.807, 2.05) is 13.0 Å². The Hall–Kier alpha value is -0.930. The number of hydrogen-bond acceptors (Lipinski definition) is 2. The van der Waals surface area contributed by atoms with Crippen LogP contribution in [0.1, 0.15) is 30.5 Å². The number of rotatable bonds is 5. The molecule has 1 aromatic rings. The number of nitrogens with two attached hydrogens (primary N) is 1. The number of hydrogen-bond donors (Lipinski definition) is 1. The van der Waals surface area contributed by atoms with Gasteiger partial charge in [0.1, 0.15) is 5.82 Å². The summed E-state index contributed by atoms with van der Waals surface area (Å²) in [5.74, 6) is 0.0236. The van der Waals surface area contributed by atoms with Gasteiger partial charge in [0.05, 0.1) is 0 Å². The van der Waals surface area contributed by atoms with Crippen molar-refractivity contribution in [3.05, 3.63) is 35.1 Å². The molecule has 0 heterocycles. The Morgan fingerprint density at radius 2 is 2.12 bits per heavy atom. The Balaban J connectivity index is 2.79. The predicted molar refractivity (Wildman–Crippen MR) is 63.7 cm³/mol. The van der Waals surface area contributed by atoms with Crippen LogP contribution in [0.4, 0.5) is 4.39 Å². The maximum absolute atomic E-state index is 13.8. The summed E-state index contributed by atoms with van der Waals surface area (Å²) >= 11 is 0. The van der Waals surface area contributed by atoms with Crippen molar-refractivity contribution in [2.24, 2.45) is 11.7 Å². The van der Waals surface area contributed by atoms with Gasteiger partial charge in [0.25, 0.3) is 0 Å². The fourth-order valence-electron chi connectivity index (χ4n) is 1.72.